The second-order valence-corrected chi connectivity index (χ2v) is 4.29. The molecule has 0 radical (unpaired) electrons. The average molecular weight is 243 g/mol. The molecule has 6 nitrogen and oxygen atoms in total. The molecule has 2 amide bonds. The highest BCUT2D eigenvalue weighted by molar-refractivity contribution is 5.76. The first kappa shape index (κ1) is 13.9. The van der Waals surface area contributed by atoms with Crippen molar-refractivity contribution in [3.8, 4) is 0 Å². The van der Waals surface area contributed by atoms with Gasteiger partial charge in [0, 0.05) is 13.0 Å². The molecule has 1 aliphatic rings. The van der Waals surface area contributed by atoms with E-state index in [1.165, 1.54) is 0 Å². The molecule has 6 heteroatoms. The molecule has 1 heterocycles. The van der Waals surface area contributed by atoms with E-state index in [4.69, 9.17) is 10.5 Å². The van der Waals surface area contributed by atoms with Crippen molar-refractivity contribution in [2.75, 3.05) is 32.8 Å². The molecule has 98 valence electrons. The summed E-state index contributed by atoms with van der Waals surface area (Å²) in [6.07, 6.45) is 2.81. The van der Waals surface area contributed by atoms with Crippen molar-refractivity contribution in [3.63, 3.8) is 0 Å². The van der Waals surface area contributed by atoms with E-state index in [0.29, 0.717) is 25.5 Å². The molecule has 1 rings (SSSR count). The van der Waals surface area contributed by atoms with Crippen molar-refractivity contribution in [2.45, 2.75) is 19.3 Å². The number of hydrogen-bond donors (Lipinski definition) is 3. The van der Waals surface area contributed by atoms with Crippen LogP contribution >= 0.6 is 0 Å². The molecule has 1 aliphatic heterocycles. The molecule has 1 unspecified atom stereocenters. The number of hydrogen-bond acceptors (Lipinski definition) is 4. The summed E-state index contributed by atoms with van der Waals surface area (Å²) >= 11 is 0. The van der Waals surface area contributed by atoms with E-state index in [-0.39, 0.29) is 12.5 Å². The summed E-state index contributed by atoms with van der Waals surface area (Å²) in [7, 11) is 0. The van der Waals surface area contributed by atoms with Gasteiger partial charge in [-0.3, -0.25) is 9.59 Å². The zero-order chi connectivity index (χ0) is 12.5. The Balaban J connectivity index is 1.98. The van der Waals surface area contributed by atoms with E-state index in [1.54, 1.807) is 0 Å². The van der Waals surface area contributed by atoms with Crippen LogP contribution in [0.2, 0.25) is 0 Å². The minimum atomic E-state index is -0.496. The maximum absolute atomic E-state index is 11.5. The zero-order valence-electron chi connectivity index (χ0n) is 10.0. The standard InChI is InChI=1S/C11H21N3O3/c12-10(15)8-17-5-4-14-11(16)6-9-2-1-3-13-7-9/h9,13H,1-8H2,(H2,12,15)(H,14,16). The van der Waals surface area contributed by atoms with Gasteiger partial charge in [-0.1, -0.05) is 0 Å². The number of rotatable bonds is 7. The molecule has 1 saturated heterocycles. The molecule has 1 atom stereocenters. The van der Waals surface area contributed by atoms with Gasteiger partial charge in [0.05, 0.1) is 6.61 Å². The quantitative estimate of drug-likeness (QED) is 0.500. The highest BCUT2D eigenvalue weighted by atomic mass is 16.5. The van der Waals surface area contributed by atoms with Gasteiger partial charge in [-0.2, -0.15) is 0 Å². The number of ether oxygens (including phenoxy) is 1. The van der Waals surface area contributed by atoms with E-state index in [0.717, 1.165) is 25.9 Å². The fourth-order valence-corrected chi connectivity index (χ4v) is 1.87. The zero-order valence-corrected chi connectivity index (χ0v) is 10.0. The van der Waals surface area contributed by atoms with Gasteiger partial charge in [-0.15, -0.1) is 0 Å². The van der Waals surface area contributed by atoms with Crippen LogP contribution in [-0.4, -0.2) is 44.7 Å². The van der Waals surface area contributed by atoms with Gasteiger partial charge >= 0.3 is 0 Å². The summed E-state index contributed by atoms with van der Waals surface area (Å²) in [5, 5.41) is 6.03. The smallest absolute Gasteiger partial charge is 0.243 e. The topological polar surface area (TPSA) is 93.5 Å². The highest BCUT2D eigenvalue weighted by Crippen LogP contribution is 2.13. The molecule has 0 saturated carbocycles. The molecule has 4 N–H and O–H groups in total. The largest absolute Gasteiger partial charge is 0.370 e. The molecule has 0 bridgehead atoms. The average Bonchev–Trinajstić information content (AvgIpc) is 2.29. The number of nitrogens with two attached hydrogens (primary N) is 1. The minimum absolute atomic E-state index is 0.0429. The second-order valence-electron chi connectivity index (χ2n) is 4.29. The van der Waals surface area contributed by atoms with Crippen molar-refractivity contribution in [3.05, 3.63) is 0 Å². The van der Waals surface area contributed by atoms with Gasteiger partial charge in [0.2, 0.25) is 11.8 Å². The molecule has 0 aromatic heterocycles. The Morgan fingerprint density at radius 3 is 2.94 bits per heavy atom. The lowest BCUT2D eigenvalue weighted by atomic mass is 9.96. The van der Waals surface area contributed by atoms with Gasteiger partial charge in [-0.05, 0) is 31.8 Å². The third-order valence-electron chi connectivity index (χ3n) is 2.69. The predicted octanol–water partition coefficient (Wildman–Crippen LogP) is -1.01. The first-order valence-corrected chi connectivity index (χ1v) is 6.02. The molecule has 0 aromatic rings. The van der Waals surface area contributed by atoms with Crippen molar-refractivity contribution in [1.29, 1.82) is 0 Å². The second kappa shape index (κ2) is 8.03. The molecule has 0 aromatic carbocycles. The lowest BCUT2D eigenvalue weighted by molar-refractivity contribution is -0.123. The minimum Gasteiger partial charge on any atom is -0.370 e. The molecular weight excluding hydrogens is 222 g/mol. The van der Waals surface area contributed by atoms with Crippen LogP contribution in [-0.2, 0) is 14.3 Å². The van der Waals surface area contributed by atoms with Crippen LogP contribution in [0.4, 0.5) is 0 Å². The van der Waals surface area contributed by atoms with Crippen molar-refractivity contribution in [2.24, 2.45) is 11.7 Å². The monoisotopic (exact) mass is 243 g/mol. The van der Waals surface area contributed by atoms with Gasteiger partial charge in [0.15, 0.2) is 0 Å². The maximum Gasteiger partial charge on any atom is 0.243 e. The number of piperidine rings is 1. The van der Waals surface area contributed by atoms with Crippen LogP contribution < -0.4 is 16.4 Å². The summed E-state index contributed by atoms with van der Waals surface area (Å²) in [5.74, 6) is -0.0127. The first-order valence-electron chi connectivity index (χ1n) is 6.02. The van der Waals surface area contributed by atoms with Gasteiger partial charge in [-0.25, -0.2) is 0 Å². The van der Waals surface area contributed by atoms with E-state index in [1.807, 2.05) is 0 Å². The van der Waals surface area contributed by atoms with Crippen LogP contribution in [0.3, 0.4) is 0 Å². The summed E-state index contributed by atoms with van der Waals surface area (Å²) in [4.78, 5) is 21.9. The number of amides is 2. The van der Waals surface area contributed by atoms with Crippen LogP contribution in [0.15, 0.2) is 0 Å². The maximum atomic E-state index is 11.5. The van der Waals surface area contributed by atoms with Crippen LogP contribution in [0.1, 0.15) is 19.3 Å². The molecule has 0 spiro atoms. The van der Waals surface area contributed by atoms with Gasteiger partial charge in [0.25, 0.3) is 0 Å². The number of nitrogens with one attached hydrogen (secondary N) is 2. The van der Waals surface area contributed by atoms with E-state index in [9.17, 15) is 9.59 Å². The Labute approximate surface area is 101 Å². The highest BCUT2D eigenvalue weighted by Gasteiger charge is 2.16. The van der Waals surface area contributed by atoms with Crippen LogP contribution in [0.5, 0.6) is 0 Å². The SMILES string of the molecule is NC(=O)COCCNC(=O)CC1CCCNC1. The Morgan fingerprint density at radius 1 is 1.47 bits per heavy atom. The van der Waals surface area contributed by atoms with Crippen molar-refractivity contribution in [1.82, 2.24) is 10.6 Å². The summed E-state index contributed by atoms with van der Waals surface area (Å²) in [6, 6.07) is 0. The fourth-order valence-electron chi connectivity index (χ4n) is 1.87. The van der Waals surface area contributed by atoms with E-state index < -0.39 is 5.91 Å². The summed E-state index contributed by atoms with van der Waals surface area (Å²) in [5.41, 5.74) is 4.90. The van der Waals surface area contributed by atoms with E-state index >= 15 is 0 Å². The van der Waals surface area contributed by atoms with Gasteiger partial charge in [0.1, 0.15) is 6.61 Å². The summed E-state index contributed by atoms with van der Waals surface area (Å²) < 4.78 is 4.93. The van der Waals surface area contributed by atoms with Crippen molar-refractivity contribution >= 4 is 11.8 Å². The normalized spacial score (nSPS) is 19.9. The molecule has 1 fully saturated rings. The molecule has 0 aliphatic carbocycles. The Morgan fingerprint density at radius 2 is 2.29 bits per heavy atom. The Hall–Kier alpha value is -1.14. The first-order chi connectivity index (χ1) is 8.18. The number of primary amides is 1. The van der Waals surface area contributed by atoms with Crippen LogP contribution in [0.25, 0.3) is 0 Å². The van der Waals surface area contributed by atoms with Crippen LogP contribution in [0, 0.1) is 5.92 Å². The number of carbonyl (C=O) groups is 2. The van der Waals surface area contributed by atoms with Crippen molar-refractivity contribution < 1.29 is 14.3 Å². The fraction of sp³-hybridized carbons (Fsp3) is 0.818. The predicted molar refractivity (Wildman–Crippen MR) is 63.2 cm³/mol. The molecule has 17 heavy (non-hydrogen) atoms. The molecular formula is C11H21N3O3. The number of carbonyl (C=O) groups excluding carboxylic acids is 2. The lowest BCUT2D eigenvalue weighted by Crippen LogP contribution is -2.35. The summed E-state index contributed by atoms with van der Waals surface area (Å²) in [6.45, 7) is 2.62. The lowest BCUT2D eigenvalue weighted by Gasteiger charge is -2.22. The Bertz CT molecular complexity index is 252. The Kier molecular flexibility index (Phi) is 6.57. The van der Waals surface area contributed by atoms with Gasteiger partial charge < -0.3 is 21.1 Å². The van der Waals surface area contributed by atoms with E-state index in [2.05, 4.69) is 10.6 Å². The third kappa shape index (κ3) is 6.91. The third-order valence-corrected chi connectivity index (χ3v) is 2.69.